The SMILES string of the molecule is CCC(CCC(=O)O)NC(=O)CC1CCCC1NC(=O)OCC1c2ccccc2-c2ccccc21. The Kier molecular flexibility index (Phi) is 8.06. The molecule has 0 spiro atoms. The predicted octanol–water partition coefficient (Wildman–Crippen LogP) is 4.84. The Balaban J connectivity index is 1.29. The largest absolute Gasteiger partial charge is 0.481 e. The third kappa shape index (κ3) is 6.02. The molecule has 0 bridgehead atoms. The minimum absolute atomic E-state index is 0.00934. The van der Waals surface area contributed by atoms with Crippen LogP contribution >= 0.6 is 0 Å². The number of carboxylic acids is 1. The quantitative estimate of drug-likeness (QED) is 0.453. The molecule has 1 fully saturated rings. The average molecular weight is 479 g/mol. The van der Waals surface area contributed by atoms with Gasteiger partial charge in [-0.15, -0.1) is 0 Å². The summed E-state index contributed by atoms with van der Waals surface area (Å²) in [6.45, 7) is 2.20. The Morgan fingerprint density at radius 1 is 1.03 bits per heavy atom. The van der Waals surface area contributed by atoms with Crippen LogP contribution in [-0.2, 0) is 14.3 Å². The van der Waals surface area contributed by atoms with E-state index in [1.807, 2.05) is 31.2 Å². The summed E-state index contributed by atoms with van der Waals surface area (Å²) in [5.41, 5.74) is 4.72. The van der Waals surface area contributed by atoms with E-state index in [-0.39, 0.29) is 42.9 Å². The number of benzene rings is 2. The number of nitrogens with one attached hydrogen (secondary N) is 2. The fourth-order valence-electron chi connectivity index (χ4n) is 5.46. The third-order valence-corrected chi connectivity index (χ3v) is 7.32. The van der Waals surface area contributed by atoms with Crippen LogP contribution in [-0.4, -0.2) is 41.8 Å². The number of carbonyl (C=O) groups excluding carboxylic acids is 2. The zero-order valence-corrected chi connectivity index (χ0v) is 20.2. The van der Waals surface area contributed by atoms with E-state index >= 15 is 0 Å². The molecule has 2 aliphatic carbocycles. The van der Waals surface area contributed by atoms with Gasteiger partial charge in [-0.05, 0) is 53.9 Å². The van der Waals surface area contributed by atoms with Crippen molar-refractivity contribution in [1.82, 2.24) is 10.6 Å². The van der Waals surface area contributed by atoms with Crippen LogP contribution in [0.1, 0.15) is 68.9 Å². The second kappa shape index (κ2) is 11.4. The lowest BCUT2D eigenvalue weighted by atomic mass is 9.98. The van der Waals surface area contributed by atoms with Crippen LogP contribution in [0.25, 0.3) is 11.1 Å². The zero-order chi connectivity index (χ0) is 24.8. The lowest BCUT2D eigenvalue weighted by Gasteiger charge is -2.23. The number of fused-ring (bicyclic) bond motifs is 3. The Hall–Kier alpha value is -3.35. The molecule has 0 heterocycles. The average Bonchev–Trinajstić information content (AvgIpc) is 3.42. The summed E-state index contributed by atoms with van der Waals surface area (Å²) in [6, 6.07) is 16.2. The molecule has 0 saturated heterocycles. The van der Waals surface area contributed by atoms with Crippen molar-refractivity contribution in [2.45, 2.75) is 69.9 Å². The van der Waals surface area contributed by atoms with Crippen LogP contribution in [0.5, 0.6) is 0 Å². The van der Waals surface area contributed by atoms with E-state index in [0.29, 0.717) is 19.3 Å². The number of alkyl carbamates (subject to hydrolysis) is 1. The number of ether oxygens (including phenoxy) is 1. The van der Waals surface area contributed by atoms with Gasteiger partial charge in [-0.1, -0.05) is 61.9 Å². The van der Waals surface area contributed by atoms with Crippen LogP contribution in [0.15, 0.2) is 48.5 Å². The molecule has 0 radical (unpaired) electrons. The van der Waals surface area contributed by atoms with Gasteiger partial charge in [0.25, 0.3) is 0 Å². The highest BCUT2D eigenvalue weighted by atomic mass is 16.5. The van der Waals surface area contributed by atoms with Crippen LogP contribution < -0.4 is 10.6 Å². The zero-order valence-electron chi connectivity index (χ0n) is 20.2. The van der Waals surface area contributed by atoms with Crippen LogP contribution in [0.3, 0.4) is 0 Å². The van der Waals surface area contributed by atoms with Crippen molar-refractivity contribution in [3.8, 4) is 11.1 Å². The van der Waals surface area contributed by atoms with Gasteiger partial charge in [0, 0.05) is 30.8 Å². The molecule has 2 amide bonds. The van der Waals surface area contributed by atoms with E-state index in [1.165, 1.54) is 22.3 Å². The molecular weight excluding hydrogens is 444 g/mol. The molecule has 0 aromatic heterocycles. The van der Waals surface area contributed by atoms with Gasteiger partial charge in [-0.25, -0.2) is 4.79 Å². The van der Waals surface area contributed by atoms with Gasteiger partial charge in [0.05, 0.1) is 0 Å². The maximum absolute atomic E-state index is 12.7. The van der Waals surface area contributed by atoms with Gasteiger partial charge in [-0.2, -0.15) is 0 Å². The number of carbonyl (C=O) groups is 3. The minimum Gasteiger partial charge on any atom is -0.481 e. The van der Waals surface area contributed by atoms with E-state index in [4.69, 9.17) is 9.84 Å². The molecule has 1 saturated carbocycles. The van der Waals surface area contributed by atoms with Crippen molar-refractivity contribution in [3.05, 3.63) is 59.7 Å². The van der Waals surface area contributed by atoms with Crippen molar-refractivity contribution in [2.24, 2.45) is 5.92 Å². The number of hydrogen-bond acceptors (Lipinski definition) is 4. The van der Waals surface area contributed by atoms with Crippen molar-refractivity contribution in [1.29, 1.82) is 0 Å². The van der Waals surface area contributed by atoms with E-state index < -0.39 is 12.1 Å². The molecule has 2 aliphatic rings. The lowest BCUT2D eigenvalue weighted by Crippen LogP contribution is -2.41. The first-order valence-electron chi connectivity index (χ1n) is 12.6. The van der Waals surface area contributed by atoms with Crippen LogP contribution in [0, 0.1) is 5.92 Å². The molecule has 3 N–H and O–H groups in total. The molecule has 2 aromatic rings. The highest BCUT2D eigenvalue weighted by Gasteiger charge is 2.32. The molecule has 3 unspecified atom stereocenters. The summed E-state index contributed by atoms with van der Waals surface area (Å²) >= 11 is 0. The number of hydrogen-bond donors (Lipinski definition) is 3. The molecule has 0 aliphatic heterocycles. The lowest BCUT2D eigenvalue weighted by molar-refractivity contribution is -0.137. The topological polar surface area (TPSA) is 105 Å². The molecule has 186 valence electrons. The van der Waals surface area contributed by atoms with Crippen molar-refractivity contribution >= 4 is 18.0 Å². The summed E-state index contributed by atoms with van der Waals surface area (Å²) in [5, 5.41) is 14.8. The summed E-state index contributed by atoms with van der Waals surface area (Å²) < 4.78 is 5.69. The maximum atomic E-state index is 12.7. The highest BCUT2D eigenvalue weighted by molar-refractivity contribution is 5.79. The van der Waals surface area contributed by atoms with Crippen molar-refractivity contribution in [2.75, 3.05) is 6.61 Å². The summed E-state index contributed by atoms with van der Waals surface area (Å²) in [5.74, 6) is -0.892. The molecular formula is C28H34N2O5. The Bertz CT molecular complexity index is 1020. The Morgan fingerprint density at radius 3 is 2.31 bits per heavy atom. The van der Waals surface area contributed by atoms with Gasteiger partial charge in [0.15, 0.2) is 0 Å². The molecule has 7 nitrogen and oxygen atoms in total. The number of rotatable bonds is 10. The molecule has 7 heteroatoms. The second-order valence-electron chi connectivity index (χ2n) is 9.58. The van der Waals surface area contributed by atoms with E-state index in [1.54, 1.807) is 0 Å². The van der Waals surface area contributed by atoms with Crippen LogP contribution in [0.2, 0.25) is 0 Å². The summed E-state index contributed by atoms with van der Waals surface area (Å²) in [7, 11) is 0. The molecule has 3 atom stereocenters. The standard InChI is InChI=1S/C28H34N2O5/c1-2-19(14-15-27(32)33)29-26(31)16-18-8-7-13-25(18)30-28(34)35-17-24-22-11-5-3-9-20(22)21-10-4-6-12-23(21)24/h3-6,9-12,18-19,24-25H,2,7-8,13-17H2,1H3,(H,29,31)(H,30,34)(H,32,33). The minimum atomic E-state index is -0.860. The highest BCUT2D eigenvalue weighted by Crippen LogP contribution is 2.44. The first-order valence-corrected chi connectivity index (χ1v) is 12.6. The number of amides is 2. The smallest absolute Gasteiger partial charge is 0.407 e. The van der Waals surface area contributed by atoms with E-state index in [2.05, 4.69) is 34.9 Å². The van der Waals surface area contributed by atoms with Crippen molar-refractivity contribution < 1.29 is 24.2 Å². The van der Waals surface area contributed by atoms with Gasteiger partial charge in [0.2, 0.25) is 5.91 Å². The normalized spacial score (nSPS) is 19.5. The monoisotopic (exact) mass is 478 g/mol. The third-order valence-electron chi connectivity index (χ3n) is 7.32. The summed E-state index contributed by atoms with van der Waals surface area (Å²) in [4.78, 5) is 36.1. The summed E-state index contributed by atoms with van der Waals surface area (Å²) in [6.07, 6.45) is 3.65. The van der Waals surface area contributed by atoms with E-state index in [9.17, 15) is 14.4 Å². The Labute approximate surface area is 206 Å². The van der Waals surface area contributed by atoms with E-state index in [0.717, 1.165) is 19.3 Å². The maximum Gasteiger partial charge on any atom is 0.407 e. The first kappa shape index (κ1) is 24.8. The molecule has 35 heavy (non-hydrogen) atoms. The van der Waals surface area contributed by atoms with Gasteiger partial charge in [0.1, 0.15) is 6.61 Å². The van der Waals surface area contributed by atoms with Gasteiger partial charge in [-0.3, -0.25) is 9.59 Å². The fraction of sp³-hybridized carbons (Fsp3) is 0.464. The Morgan fingerprint density at radius 2 is 1.69 bits per heavy atom. The van der Waals surface area contributed by atoms with Crippen LogP contribution in [0.4, 0.5) is 4.79 Å². The fourth-order valence-corrected chi connectivity index (χ4v) is 5.46. The van der Waals surface area contributed by atoms with Gasteiger partial charge < -0.3 is 20.5 Å². The number of aliphatic carboxylic acids is 1. The second-order valence-corrected chi connectivity index (χ2v) is 9.58. The first-order chi connectivity index (χ1) is 17.0. The van der Waals surface area contributed by atoms with Crippen molar-refractivity contribution in [3.63, 3.8) is 0 Å². The predicted molar refractivity (Wildman–Crippen MR) is 133 cm³/mol. The molecule has 2 aromatic carbocycles. The number of carboxylic acid groups (broad SMARTS) is 1. The van der Waals surface area contributed by atoms with Gasteiger partial charge >= 0.3 is 12.1 Å². The molecule has 4 rings (SSSR count).